The topological polar surface area (TPSA) is 35.2 Å². The van der Waals surface area contributed by atoms with Crippen molar-refractivity contribution in [3.8, 4) is 5.75 Å². The molecule has 0 aliphatic heterocycles. The number of rotatable bonds is 5. The summed E-state index contributed by atoms with van der Waals surface area (Å²) in [4.78, 5) is 1.24. The fourth-order valence-corrected chi connectivity index (χ4v) is 2.72. The quantitative estimate of drug-likeness (QED) is 0.836. The molecule has 0 aromatic heterocycles. The standard InChI is InChI=1S/C16H18ClNOS/c1-19-16-8-5-13(17)9-12(16)10-15(18)11-3-6-14(20-2)7-4-11/h3-9,15H,10,18H2,1-2H3. The molecule has 20 heavy (non-hydrogen) atoms. The summed E-state index contributed by atoms with van der Waals surface area (Å²) in [5, 5.41) is 0.700. The Kier molecular flexibility index (Phi) is 5.35. The maximum atomic E-state index is 6.29. The molecule has 0 heterocycles. The Bertz CT molecular complexity index is 571. The SMILES string of the molecule is COc1ccc(Cl)cc1CC(N)c1ccc(SC)cc1. The van der Waals surface area contributed by atoms with E-state index in [1.165, 1.54) is 4.90 Å². The lowest BCUT2D eigenvalue weighted by Gasteiger charge is -2.15. The van der Waals surface area contributed by atoms with E-state index in [0.717, 1.165) is 16.9 Å². The molecule has 0 amide bonds. The molecule has 2 rings (SSSR count). The number of ether oxygens (including phenoxy) is 1. The molecule has 0 spiro atoms. The second-order valence-electron chi connectivity index (χ2n) is 4.54. The molecule has 0 saturated heterocycles. The second-order valence-corrected chi connectivity index (χ2v) is 5.86. The molecule has 0 fully saturated rings. The van der Waals surface area contributed by atoms with Crippen LogP contribution in [0.1, 0.15) is 17.2 Å². The summed E-state index contributed by atoms with van der Waals surface area (Å²) in [5.74, 6) is 0.825. The van der Waals surface area contributed by atoms with Gasteiger partial charge in [0.1, 0.15) is 5.75 Å². The summed E-state index contributed by atoms with van der Waals surface area (Å²) < 4.78 is 5.36. The van der Waals surface area contributed by atoms with Crippen LogP contribution in [0.3, 0.4) is 0 Å². The minimum Gasteiger partial charge on any atom is -0.496 e. The molecule has 0 aliphatic carbocycles. The van der Waals surface area contributed by atoms with Crippen LogP contribution in [0.4, 0.5) is 0 Å². The van der Waals surface area contributed by atoms with Gasteiger partial charge in [0.05, 0.1) is 7.11 Å². The average molecular weight is 308 g/mol. The monoisotopic (exact) mass is 307 g/mol. The van der Waals surface area contributed by atoms with Gasteiger partial charge >= 0.3 is 0 Å². The van der Waals surface area contributed by atoms with Gasteiger partial charge in [-0.3, -0.25) is 0 Å². The van der Waals surface area contributed by atoms with Gasteiger partial charge in [0.25, 0.3) is 0 Å². The van der Waals surface area contributed by atoms with Gasteiger partial charge in [-0.05, 0) is 54.1 Å². The molecule has 0 bridgehead atoms. The van der Waals surface area contributed by atoms with Gasteiger partial charge in [-0.1, -0.05) is 23.7 Å². The Morgan fingerprint density at radius 3 is 2.50 bits per heavy atom. The first-order valence-electron chi connectivity index (χ1n) is 6.36. The molecule has 1 unspecified atom stereocenters. The minimum atomic E-state index is -0.0710. The Morgan fingerprint density at radius 1 is 1.20 bits per heavy atom. The maximum absolute atomic E-state index is 6.29. The van der Waals surface area contributed by atoms with Crippen LogP contribution < -0.4 is 10.5 Å². The Morgan fingerprint density at radius 2 is 1.90 bits per heavy atom. The molecule has 2 N–H and O–H groups in total. The number of methoxy groups -OCH3 is 1. The molecule has 0 radical (unpaired) electrons. The fraction of sp³-hybridized carbons (Fsp3) is 0.250. The van der Waals surface area contributed by atoms with E-state index >= 15 is 0 Å². The van der Waals surface area contributed by atoms with E-state index in [0.29, 0.717) is 11.4 Å². The molecule has 0 saturated carbocycles. The first-order valence-corrected chi connectivity index (χ1v) is 7.96. The number of benzene rings is 2. The predicted octanol–water partition coefficient (Wildman–Crippen LogP) is 4.31. The van der Waals surface area contributed by atoms with Crippen LogP contribution in [0.15, 0.2) is 47.4 Å². The number of hydrogen-bond donors (Lipinski definition) is 1. The highest BCUT2D eigenvalue weighted by Crippen LogP contribution is 2.27. The van der Waals surface area contributed by atoms with E-state index in [-0.39, 0.29) is 6.04 Å². The molecule has 1 atom stereocenters. The number of nitrogens with two attached hydrogens (primary N) is 1. The summed E-state index contributed by atoms with van der Waals surface area (Å²) in [5.41, 5.74) is 8.43. The number of thioether (sulfide) groups is 1. The molecule has 2 aromatic rings. The zero-order valence-corrected chi connectivity index (χ0v) is 13.2. The van der Waals surface area contributed by atoms with Crippen molar-refractivity contribution in [2.45, 2.75) is 17.4 Å². The first-order chi connectivity index (χ1) is 9.63. The van der Waals surface area contributed by atoms with Gasteiger partial charge in [-0.15, -0.1) is 11.8 Å². The summed E-state index contributed by atoms with van der Waals surface area (Å²) >= 11 is 7.77. The molecule has 106 valence electrons. The average Bonchev–Trinajstić information content (AvgIpc) is 2.47. The molecule has 2 aromatic carbocycles. The number of hydrogen-bond acceptors (Lipinski definition) is 3. The smallest absolute Gasteiger partial charge is 0.122 e. The largest absolute Gasteiger partial charge is 0.496 e. The van der Waals surface area contributed by atoms with Gasteiger partial charge in [-0.2, -0.15) is 0 Å². The van der Waals surface area contributed by atoms with Crippen LogP contribution in [0.25, 0.3) is 0 Å². The third-order valence-electron chi connectivity index (χ3n) is 3.23. The van der Waals surface area contributed by atoms with Crippen molar-refractivity contribution in [2.75, 3.05) is 13.4 Å². The second kappa shape index (κ2) is 7.02. The van der Waals surface area contributed by atoms with E-state index in [9.17, 15) is 0 Å². The highest BCUT2D eigenvalue weighted by atomic mass is 35.5. The third-order valence-corrected chi connectivity index (χ3v) is 4.20. The lowest BCUT2D eigenvalue weighted by Crippen LogP contribution is -2.13. The first kappa shape index (κ1) is 15.2. The third kappa shape index (κ3) is 3.69. The van der Waals surface area contributed by atoms with E-state index in [4.69, 9.17) is 22.1 Å². The zero-order valence-electron chi connectivity index (χ0n) is 11.6. The summed E-state index contributed by atoms with van der Waals surface area (Å²) in [6.45, 7) is 0. The summed E-state index contributed by atoms with van der Waals surface area (Å²) in [6.07, 6.45) is 2.76. The van der Waals surface area contributed by atoms with E-state index < -0.39 is 0 Å². The lowest BCUT2D eigenvalue weighted by atomic mass is 9.99. The Hall–Kier alpha value is -1.16. The highest BCUT2D eigenvalue weighted by Gasteiger charge is 2.11. The van der Waals surface area contributed by atoms with Crippen molar-refractivity contribution in [3.63, 3.8) is 0 Å². The van der Waals surface area contributed by atoms with Crippen LogP contribution in [0, 0.1) is 0 Å². The van der Waals surface area contributed by atoms with Gasteiger partial charge in [0, 0.05) is 16.0 Å². The van der Waals surface area contributed by atoms with Crippen molar-refractivity contribution in [1.29, 1.82) is 0 Å². The zero-order chi connectivity index (χ0) is 14.5. The Labute approximate surface area is 129 Å². The van der Waals surface area contributed by atoms with Crippen molar-refractivity contribution >= 4 is 23.4 Å². The summed E-state index contributed by atoms with van der Waals surface area (Å²) in [7, 11) is 1.66. The summed E-state index contributed by atoms with van der Waals surface area (Å²) in [6, 6.07) is 13.9. The highest BCUT2D eigenvalue weighted by molar-refractivity contribution is 7.98. The number of halogens is 1. The Balaban J connectivity index is 2.17. The van der Waals surface area contributed by atoms with Crippen LogP contribution in [0.5, 0.6) is 5.75 Å². The van der Waals surface area contributed by atoms with Crippen LogP contribution in [0.2, 0.25) is 5.02 Å². The van der Waals surface area contributed by atoms with Crippen LogP contribution in [-0.2, 0) is 6.42 Å². The fourth-order valence-electron chi connectivity index (χ4n) is 2.11. The maximum Gasteiger partial charge on any atom is 0.122 e. The molecule has 4 heteroatoms. The van der Waals surface area contributed by atoms with Crippen LogP contribution >= 0.6 is 23.4 Å². The van der Waals surface area contributed by atoms with Gasteiger partial charge in [0.15, 0.2) is 0 Å². The van der Waals surface area contributed by atoms with Crippen molar-refractivity contribution in [1.82, 2.24) is 0 Å². The van der Waals surface area contributed by atoms with Crippen molar-refractivity contribution in [3.05, 3.63) is 58.6 Å². The lowest BCUT2D eigenvalue weighted by molar-refractivity contribution is 0.408. The molecule has 2 nitrogen and oxygen atoms in total. The minimum absolute atomic E-state index is 0.0710. The molecular formula is C16H18ClNOS. The van der Waals surface area contributed by atoms with Crippen molar-refractivity contribution in [2.24, 2.45) is 5.73 Å². The normalized spacial score (nSPS) is 12.2. The van der Waals surface area contributed by atoms with Crippen molar-refractivity contribution < 1.29 is 4.74 Å². The van der Waals surface area contributed by atoms with E-state index in [2.05, 4.69) is 30.5 Å². The van der Waals surface area contributed by atoms with Gasteiger partial charge in [-0.25, -0.2) is 0 Å². The molecular weight excluding hydrogens is 290 g/mol. The molecule has 0 aliphatic rings. The van der Waals surface area contributed by atoms with E-state index in [1.807, 2.05) is 18.2 Å². The van der Waals surface area contributed by atoms with Gasteiger partial charge < -0.3 is 10.5 Å². The van der Waals surface area contributed by atoms with E-state index in [1.54, 1.807) is 18.9 Å². The van der Waals surface area contributed by atoms with Crippen LogP contribution in [-0.4, -0.2) is 13.4 Å². The predicted molar refractivity (Wildman–Crippen MR) is 86.9 cm³/mol. The van der Waals surface area contributed by atoms with Gasteiger partial charge in [0.2, 0.25) is 0 Å².